The first-order valence-electron chi connectivity index (χ1n) is 5.73. The summed E-state index contributed by atoms with van der Waals surface area (Å²) in [5.74, 6) is 0.0483. The van der Waals surface area contributed by atoms with Crippen LogP contribution in [0.2, 0.25) is 0 Å². The molecule has 1 heterocycles. The van der Waals surface area contributed by atoms with Crippen molar-refractivity contribution in [2.75, 3.05) is 0 Å². The van der Waals surface area contributed by atoms with E-state index in [4.69, 9.17) is 5.11 Å². The summed E-state index contributed by atoms with van der Waals surface area (Å²) in [6, 6.07) is -0.211. The van der Waals surface area contributed by atoms with Crippen LogP contribution in [0.15, 0.2) is 0 Å². The number of tetrazole rings is 1. The van der Waals surface area contributed by atoms with Crippen LogP contribution < -0.4 is 0 Å². The lowest BCUT2D eigenvalue weighted by Gasteiger charge is -2.24. The summed E-state index contributed by atoms with van der Waals surface area (Å²) in [7, 11) is 0. The second kappa shape index (κ2) is 4.81. The van der Waals surface area contributed by atoms with E-state index in [2.05, 4.69) is 15.5 Å². The van der Waals surface area contributed by atoms with E-state index >= 15 is 0 Å². The second-order valence-electron chi connectivity index (χ2n) is 5.61. The molecule has 1 N–H and O–H groups in total. The highest BCUT2D eigenvalue weighted by atomic mass is 16.4. The summed E-state index contributed by atoms with van der Waals surface area (Å²) in [5.41, 5.74) is -0.199. The van der Waals surface area contributed by atoms with Gasteiger partial charge in [0.25, 0.3) is 0 Å². The van der Waals surface area contributed by atoms with E-state index in [1.807, 2.05) is 34.6 Å². The van der Waals surface area contributed by atoms with Gasteiger partial charge in [0.2, 0.25) is 0 Å². The molecular weight excluding hydrogens is 220 g/mol. The quantitative estimate of drug-likeness (QED) is 0.865. The predicted octanol–water partition coefficient (Wildman–Crippen LogP) is 1.64. The number of rotatable bonds is 4. The van der Waals surface area contributed by atoms with Gasteiger partial charge in [-0.05, 0) is 16.3 Å². The standard InChI is InChI=1S/C11H20N4O2/c1-7(2)8(6-9(16)17)15-10(11(3,4)5)12-13-14-15/h7-8H,6H2,1-5H3,(H,16,17). The van der Waals surface area contributed by atoms with Gasteiger partial charge in [-0.3, -0.25) is 4.79 Å². The van der Waals surface area contributed by atoms with Crippen molar-refractivity contribution in [2.24, 2.45) is 5.92 Å². The van der Waals surface area contributed by atoms with E-state index in [0.29, 0.717) is 0 Å². The van der Waals surface area contributed by atoms with Crippen LogP contribution >= 0.6 is 0 Å². The van der Waals surface area contributed by atoms with E-state index in [9.17, 15) is 4.79 Å². The van der Waals surface area contributed by atoms with E-state index in [1.54, 1.807) is 4.68 Å². The van der Waals surface area contributed by atoms with Crippen molar-refractivity contribution in [3.63, 3.8) is 0 Å². The molecule has 0 fully saturated rings. The Labute approximate surface area is 101 Å². The minimum atomic E-state index is -0.834. The maximum Gasteiger partial charge on any atom is 0.305 e. The first-order chi connectivity index (χ1) is 7.73. The number of carboxylic acid groups (broad SMARTS) is 1. The van der Waals surface area contributed by atoms with E-state index in [1.165, 1.54) is 0 Å². The second-order valence-corrected chi connectivity index (χ2v) is 5.61. The zero-order valence-electron chi connectivity index (χ0n) is 11.0. The number of hydrogen-bond donors (Lipinski definition) is 1. The number of aliphatic carboxylic acids is 1. The summed E-state index contributed by atoms with van der Waals surface area (Å²) in [6.07, 6.45) is 0.0335. The van der Waals surface area contributed by atoms with Crippen molar-refractivity contribution in [3.8, 4) is 0 Å². The Morgan fingerprint density at radius 2 is 2.00 bits per heavy atom. The van der Waals surface area contributed by atoms with E-state index < -0.39 is 5.97 Å². The number of carbonyl (C=O) groups is 1. The molecule has 1 atom stereocenters. The molecule has 0 amide bonds. The molecule has 17 heavy (non-hydrogen) atoms. The SMILES string of the molecule is CC(C)C(CC(=O)O)n1nnnc1C(C)(C)C. The molecular formula is C11H20N4O2. The molecule has 0 aliphatic rings. The van der Waals surface area contributed by atoms with Crippen LogP contribution in [0.25, 0.3) is 0 Å². The van der Waals surface area contributed by atoms with Gasteiger partial charge in [-0.25, -0.2) is 4.68 Å². The molecule has 1 aromatic rings. The van der Waals surface area contributed by atoms with Gasteiger partial charge in [0.15, 0.2) is 5.82 Å². The Balaban J connectivity index is 3.11. The minimum absolute atomic E-state index is 0.0335. The van der Waals surface area contributed by atoms with Gasteiger partial charge in [-0.1, -0.05) is 34.6 Å². The Kier molecular flexibility index (Phi) is 3.85. The zero-order chi connectivity index (χ0) is 13.2. The molecule has 0 spiro atoms. The number of nitrogens with zero attached hydrogens (tertiary/aromatic N) is 4. The lowest BCUT2D eigenvalue weighted by molar-refractivity contribution is -0.138. The van der Waals surface area contributed by atoms with Crippen molar-refractivity contribution in [1.29, 1.82) is 0 Å². The Hall–Kier alpha value is -1.46. The average Bonchev–Trinajstić information content (AvgIpc) is 2.60. The van der Waals surface area contributed by atoms with Crippen LogP contribution in [0.5, 0.6) is 0 Å². The Morgan fingerprint density at radius 3 is 2.41 bits per heavy atom. The fraction of sp³-hybridized carbons (Fsp3) is 0.818. The smallest absolute Gasteiger partial charge is 0.305 e. The van der Waals surface area contributed by atoms with Crippen LogP contribution in [0.4, 0.5) is 0 Å². The number of hydrogen-bond acceptors (Lipinski definition) is 4. The van der Waals surface area contributed by atoms with Gasteiger partial charge in [0.05, 0.1) is 12.5 Å². The molecule has 0 radical (unpaired) electrons. The van der Waals surface area contributed by atoms with Crippen molar-refractivity contribution in [1.82, 2.24) is 20.2 Å². The highest BCUT2D eigenvalue weighted by Gasteiger charge is 2.29. The van der Waals surface area contributed by atoms with Crippen LogP contribution in [-0.2, 0) is 10.2 Å². The van der Waals surface area contributed by atoms with Crippen molar-refractivity contribution < 1.29 is 9.90 Å². The summed E-state index contributed by atoms with van der Waals surface area (Å²) < 4.78 is 1.65. The zero-order valence-corrected chi connectivity index (χ0v) is 11.0. The van der Waals surface area contributed by atoms with E-state index in [-0.39, 0.29) is 23.8 Å². The van der Waals surface area contributed by atoms with Gasteiger partial charge in [-0.15, -0.1) is 5.10 Å². The molecule has 1 aromatic heterocycles. The van der Waals surface area contributed by atoms with Crippen LogP contribution in [-0.4, -0.2) is 31.3 Å². The summed E-state index contributed by atoms with van der Waals surface area (Å²) in [5, 5.41) is 20.6. The fourth-order valence-corrected chi connectivity index (χ4v) is 1.69. The third-order valence-electron chi connectivity index (χ3n) is 2.63. The number of aromatic nitrogens is 4. The lowest BCUT2D eigenvalue weighted by Crippen LogP contribution is -2.27. The molecule has 0 saturated carbocycles. The maximum atomic E-state index is 10.9. The molecule has 1 unspecified atom stereocenters. The van der Waals surface area contributed by atoms with Crippen LogP contribution in [0.1, 0.15) is 52.9 Å². The molecule has 6 nitrogen and oxygen atoms in total. The highest BCUT2D eigenvalue weighted by molar-refractivity contribution is 5.67. The topological polar surface area (TPSA) is 80.9 Å². The molecule has 0 aliphatic carbocycles. The van der Waals surface area contributed by atoms with Crippen LogP contribution in [0, 0.1) is 5.92 Å². The van der Waals surface area contributed by atoms with Gasteiger partial charge < -0.3 is 5.11 Å². The third-order valence-corrected chi connectivity index (χ3v) is 2.63. The number of carboxylic acids is 1. The Morgan fingerprint density at radius 1 is 1.41 bits per heavy atom. The van der Waals surface area contributed by atoms with Gasteiger partial charge in [0, 0.05) is 5.41 Å². The summed E-state index contributed by atoms with van der Waals surface area (Å²) in [4.78, 5) is 10.9. The highest BCUT2D eigenvalue weighted by Crippen LogP contribution is 2.27. The molecule has 0 saturated heterocycles. The summed E-state index contributed by atoms with van der Waals surface area (Å²) >= 11 is 0. The van der Waals surface area contributed by atoms with Gasteiger partial charge >= 0.3 is 5.97 Å². The van der Waals surface area contributed by atoms with Crippen LogP contribution in [0.3, 0.4) is 0 Å². The monoisotopic (exact) mass is 240 g/mol. The largest absolute Gasteiger partial charge is 0.481 e. The molecule has 0 aliphatic heterocycles. The molecule has 1 rings (SSSR count). The maximum absolute atomic E-state index is 10.9. The van der Waals surface area contributed by atoms with Crippen molar-refractivity contribution >= 4 is 5.97 Å². The molecule has 0 bridgehead atoms. The average molecular weight is 240 g/mol. The van der Waals surface area contributed by atoms with Crippen molar-refractivity contribution in [2.45, 2.75) is 52.5 Å². The first kappa shape index (κ1) is 13.6. The van der Waals surface area contributed by atoms with Gasteiger partial charge in [0.1, 0.15) is 0 Å². The molecule has 0 aromatic carbocycles. The molecule has 6 heteroatoms. The lowest BCUT2D eigenvalue weighted by atomic mass is 9.94. The fourth-order valence-electron chi connectivity index (χ4n) is 1.69. The third kappa shape index (κ3) is 3.25. The normalized spacial score (nSPS) is 14.0. The molecule has 96 valence electrons. The van der Waals surface area contributed by atoms with E-state index in [0.717, 1.165) is 5.82 Å². The summed E-state index contributed by atoms with van der Waals surface area (Å²) in [6.45, 7) is 9.97. The predicted molar refractivity (Wildman–Crippen MR) is 62.6 cm³/mol. The van der Waals surface area contributed by atoms with Crippen molar-refractivity contribution in [3.05, 3.63) is 5.82 Å². The van der Waals surface area contributed by atoms with Gasteiger partial charge in [-0.2, -0.15) is 0 Å². The first-order valence-corrected chi connectivity index (χ1v) is 5.73. The Bertz CT molecular complexity index is 392. The minimum Gasteiger partial charge on any atom is -0.481 e.